The maximum absolute atomic E-state index is 9.70. The molecule has 0 amide bonds. The third kappa shape index (κ3) is 1.46. The van der Waals surface area contributed by atoms with Crippen molar-refractivity contribution >= 4 is 17.0 Å². The number of imidazole rings is 1. The van der Waals surface area contributed by atoms with Gasteiger partial charge in [-0.1, -0.05) is 12.1 Å². The summed E-state index contributed by atoms with van der Waals surface area (Å²) in [4.78, 5) is 15.4. The van der Waals surface area contributed by atoms with E-state index in [1.54, 1.807) is 12.1 Å². The Labute approximate surface area is 103 Å². The van der Waals surface area contributed by atoms with Crippen LogP contribution in [0.2, 0.25) is 0 Å². The summed E-state index contributed by atoms with van der Waals surface area (Å²) in [6.07, 6.45) is 1.37. The summed E-state index contributed by atoms with van der Waals surface area (Å²) in [6, 6.07) is 5.27. The summed E-state index contributed by atoms with van der Waals surface area (Å²) in [6.45, 7) is 1.83. The number of phenols is 1. The van der Waals surface area contributed by atoms with Gasteiger partial charge in [-0.15, -0.1) is 0 Å². The molecular weight excluding hydrogens is 230 g/mol. The second-order valence-corrected chi connectivity index (χ2v) is 3.99. The van der Waals surface area contributed by atoms with Crippen molar-refractivity contribution in [1.29, 1.82) is 0 Å². The molecule has 6 heteroatoms. The number of anilines is 1. The van der Waals surface area contributed by atoms with E-state index < -0.39 is 0 Å². The van der Waals surface area contributed by atoms with Crippen molar-refractivity contribution in [2.45, 2.75) is 6.92 Å². The van der Waals surface area contributed by atoms with Crippen LogP contribution in [0.4, 0.5) is 5.82 Å². The molecule has 3 rings (SSSR count). The van der Waals surface area contributed by atoms with Crippen LogP contribution in [0.25, 0.3) is 22.6 Å². The zero-order valence-electron chi connectivity index (χ0n) is 9.68. The Morgan fingerprint density at radius 3 is 2.89 bits per heavy atom. The van der Waals surface area contributed by atoms with Crippen molar-refractivity contribution in [3.8, 4) is 17.1 Å². The number of aromatic hydroxyl groups is 1. The predicted molar refractivity (Wildman–Crippen MR) is 67.9 cm³/mol. The number of hydrogen-bond donors (Lipinski definition) is 3. The van der Waals surface area contributed by atoms with E-state index in [-0.39, 0.29) is 5.75 Å². The van der Waals surface area contributed by atoms with Gasteiger partial charge in [0.15, 0.2) is 11.5 Å². The van der Waals surface area contributed by atoms with Crippen molar-refractivity contribution < 1.29 is 5.11 Å². The molecule has 0 fully saturated rings. The van der Waals surface area contributed by atoms with Gasteiger partial charge in [0.2, 0.25) is 0 Å². The number of nitrogen functional groups attached to an aromatic ring is 1. The topological polar surface area (TPSA) is 101 Å². The first-order valence-corrected chi connectivity index (χ1v) is 5.42. The van der Waals surface area contributed by atoms with Crippen LogP contribution in [0.5, 0.6) is 5.75 Å². The number of aromatic amines is 1. The molecule has 0 atom stereocenters. The molecule has 1 aromatic carbocycles. The number of aromatic nitrogens is 4. The van der Waals surface area contributed by atoms with Crippen molar-refractivity contribution in [3.05, 3.63) is 30.1 Å². The van der Waals surface area contributed by atoms with E-state index in [0.717, 1.165) is 11.1 Å². The quantitative estimate of drug-likeness (QED) is 0.601. The highest BCUT2D eigenvalue weighted by Gasteiger charge is 2.12. The number of H-pyrrole nitrogens is 1. The molecule has 0 spiro atoms. The van der Waals surface area contributed by atoms with Gasteiger partial charge < -0.3 is 15.8 Å². The molecule has 0 saturated carbocycles. The van der Waals surface area contributed by atoms with Crippen LogP contribution >= 0.6 is 0 Å². The number of fused-ring (bicyclic) bond motifs is 1. The largest absolute Gasteiger partial charge is 0.508 e. The molecule has 0 unspecified atom stereocenters. The molecule has 2 aromatic heterocycles. The Kier molecular flexibility index (Phi) is 2.16. The molecule has 6 nitrogen and oxygen atoms in total. The number of phenolic OH excluding ortho intramolecular Hbond substituents is 1. The van der Waals surface area contributed by atoms with Crippen molar-refractivity contribution in [2.75, 3.05) is 5.73 Å². The molecule has 18 heavy (non-hydrogen) atoms. The van der Waals surface area contributed by atoms with Gasteiger partial charge in [-0.3, -0.25) is 0 Å². The number of hydrogen-bond acceptors (Lipinski definition) is 5. The van der Waals surface area contributed by atoms with Crippen LogP contribution in [-0.4, -0.2) is 25.0 Å². The van der Waals surface area contributed by atoms with Gasteiger partial charge >= 0.3 is 0 Å². The van der Waals surface area contributed by atoms with E-state index in [9.17, 15) is 5.11 Å². The van der Waals surface area contributed by atoms with Gasteiger partial charge in [0.1, 0.15) is 23.4 Å². The Bertz CT molecular complexity index is 734. The fraction of sp³-hybridized carbons (Fsp3) is 0.0833. The maximum atomic E-state index is 9.70. The highest BCUT2D eigenvalue weighted by molar-refractivity contribution is 5.84. The molecular formula is C12H11N5O. The Hall–Kier alpha value is -2.63. The Morgan fingerprint density at radius 2 is 2.11 bits per heavy atom. The zero-order valence-corrected chi connectivity index (χ0v) is 9.68. The first-order chi connectivity index (χ1) is 8.66. The predicted octanol–water partition coefficient (Wildman–Crippen LogP) is 1.62. The van der Waals surface area contributed by atoms with E-state index in [1.807, 2.05) is 13.0 Å². The maximum Gasteiger partial charge on any atom is 0.183 e. The second kappa shape index (κ2) is 3.69. The molecule has 4 N–H and O–H groups in total. The SMILES string of the molecule is Cc1c(O)cccc1-c1nc2ncnc(N)c2[nH]1. The molecule has 0 aliphatic rings. The fourth-order valence-corrected chi connectivity index (χ4v) is 1.85. The average Bonchev–Trinajstić information content (AvgIpc) is 2.78. The minimum Gasteiger partial charge on any atom is -0.508 e. The summed E-state index contributed by atoms with van der Waals surface area (Å²) in [5.74, 6) is 1.20. The van der Waals surface area contributed by atoms with Crippen LogP contribution in [0.15, 0.2) is 24.5 Å². The number of nitrogens with zero attached hydrogens (tertiary/aromatic N) is 3. The number of benzene rings is 1. The lowest BCUT2D eigenvalue weighted by Crippen LogP contribution is -1.91. The third-order valence-corrected chi connectivity index (χ3v) is 2.88. The van der Waals surface area contributed by atoms with Gasteiger partial charge in [0.05, 0.1) is 0 Å². The van der Waals surface area contributed by atoms with E-state index >= 15 is 0 Å². The molecule has 0 saturated heterocycles. The lowest BCUT2D eigenvalue weighted by molar-refractivity contribution is 0.471. The van der Waals surface area contributed by atoms with E-state index in [0.29, 0.717) is 22.8 Å². The zero-order chi connectivity index (χ0) is 12.7. The standard InChI is InChI=1S/C12H11N5O/c1-6-7(3-2-4-8(6)18)11-16-9-10(13)14-5-15-12(9)17-11/h2-5,18H,1H3,(H3,13,14,15,16,17). The van der Waals surface area contributed by atoms with Crippen molar-refractivity contribution in [1.82, 2.24) is 19.9 Å². The molecule has 0 bridgehead atoms. The first kappa shape index (κ1) is 10.5. The van der Waals surface area contributed by atoms with E-state index in [4.69, 9.17) is 5.73 Å². The summed E-state index contributed by atoms with van der Waals surface area (Å²) < 4.78 is 0. The highest BCUT2D eigenvalue weighted by Crippen LogP contribution is 2.28. The normalized spacial score (nSPS) is 10.9. The minimum atomic E-state index is 0.229. The van der Waals surface area contributed by atoms with Gasteiger partial charge in [0.25, 0.3) is 0 Å². The second-order valence-electron chi connectivity index (χ2n) is 3.99. The molecule has 0 aliphatic carbocycles. The summed E-state index contributed by atoms with van der Waals surface area (Å²) >= 11 is 0. The Morgan fingerprint density at radius 1 is 1.28 bits per heavy atom. The fourth-order valence-electron chi connectivity index (χ4n) is 1.85. The average molecular weight is 241 g/mol. The monoisotopic (exact) mass is 241 g/mol. The van der Waals surface area contributed by atoms with E-state index in [1.165, 1.54) is 6.33 Å². The van der Waals surface area contributed by atoms with Crippen LogP contribution in [0, 0.1) is 6.92 Å². The van der Waals surface area contributed by atoms with E-state index in [2.05, 4.69) is 19.9 Å². The lowest BCUT2D eigenvalue weighted by Gasteiger charge is -2.03. The molecule has 2 heterocycles. The number of nitrogens with two attached hydrogens (primary N) is 1. The molecule has 0 aliphatic heterocycles. The first-order valence-electron chi connectivity index (χ1n) is 5.42. The van der Waals surface area contributed by atoms with Crippen LogP contribution < -0.4 is 5.73 Å². The smallest absolute Gasteiger partial charge is 0.183 e. The minimum absolute atomic E-state index is 0.229. The molecule has 0 radical (unpaired) electrons. The summed E-state index contributed by atoms with van der Waals surface area (Å²) in [7, 11) is 0. The third-order valence-electron chi connectivity index (χ3n) is 2.88. The van der Waals surface area contributed by atoms with Crippen LogP contribution in [-0.2, 0) is 0 Å². The van der Waals surface area contributed by atoms with Gasteiger partial charge in [-0.05, 0) is 13.0 Å². The van der Waals surface area contributed by atoms with Crippen molar-refractivity contribution in [3.63, 3.8) is 0 Å². The number of rotatable bonds is 1. The van der Waals surface area contributed by atoms with Gasteiger partial charge in [-0.2, -0.15) is 0 Å². The van der Waals surface area contributed by atoms with Crippen molar-refractivity contribution in [2.24, 2.45) is 0 Å². The van der Waals surface area contributed by atoms with Gasteiger partial charge in [0, 0.05) is 11.1 Å². The highest BCUT2D eigenvalue weighted by atomic mass is 16.3. The number of nitrogens with one attached hydrogen (secondary N) is 1. The van der Waals surface area contributed by atoms with Crippen LogP contribution in [0.1, 0.15) is 5.56 Å². The van der Waals surface area contributed by atoms with Gasteiger partial charge in [-0.25, -0.2) is 15.0 Å². The van der Waals surface area contributed by atoms with Crippen LogP contribution in [0.3, 0.4) is 0 Å². The summed E-state index contributed by atoms with van der Waals surface area (Å²) in [5, 5.41) is 9.70. The molecule has 3 aromatic rings. The summed E-state index contributed by atoms with van der Waals surface area (Å²) in [5.41, 5.74) is 8.43. The lowest BCUT2D eigenvalue weighted by atomic mass is 10.1. The Balaban J connectivity index is 2.26. The molecule has 90 valence electrons.